The molecule has 0 saturated carbocycles. The van der Waals surface area contributed by atoms with E-state index in [9.17, 15) is 9.90 Å². The van der Waals surface area contributed by atoms with Crippen LogP contribution in [0.2, 0.25) is 0 Å². The number of rotatable bonds is 2. The first kappa shape index (κ1) is 12.1. The molecule has 2 atom stereocenters. The van der Waals surface area contributed by atoms with Gasteiger partial charge in [-0.2, -0.15) is 0 Å². The van der Waals surface area contributed by atoms with Gasteiger partial charge in [0.1, 0.15) is 0 Å². The molecule has 0 fully saturated rings. The second kappa shape index (κ2) is 4.15. The van der Waals surface area contributed by atoms with Crippen molar-refractivity contribution in [3.63, 3.8) is 0 Å². The van der Waals surface area contributed by atoms with Crippen molar-refractivity contribution in [2.24, 2.45) is 0 Å². The maximum Gasteiger partial charge on any atom is 0.232 e. The number of benzene rings is 1. The average Bonchev–Trinajstić information content (AvgIpc) is 2.59. The molecule has 0 aliphatic carbocycles. The second-order valence-electron chi connectivity index (χ2n) is 4.81. The monoisotopic (exact) mass is 233 g/mol. The highest BCUT2D eigenvalue weighted by Gasteiger charge is 2.31. The van der Waals surface area contributed by atoms with E-state index in [0.717, 1.165) is 34.4 Å². The predicted molar refractivity (Wildman–Crippen MR) is 68.2 cm³/mol. The molecule has 1 aliphatic heterocycles. The van der Waals surface area contributed by atoms with E-state index in [1.54, 1.807) is 6.92 Å². The molecule has 3 nitrogen and oxygen atoms in total. The van der Waals surface area contributed by atoms with Crippen molar-refractivity contribution in [2.45, 2.75) is 46.1 Å². The zero-order valence-corrected chi connectivity index (χ0v) is 10.8. The molecule has 2 N–H and O–H groups in total. The SMILES string of the molecule is CCC1C(=O)Nc2c1cc(C(C)O)c(C)c2C. The van der Waals surface area contributed by atoms with Gasteiger partial charge >= 0.3 is 0 Å². The fourth-order valence-corrected chi connectivity index (χ4v) is 2.60. The Labute approximate surface area is 102 Å². The van der Waals surface area contributed by atoms with E-state index in [-0.39, 0.29) is 11.8 Å². The number of anilines is 1. The van der Waals surface area contributed by atoms with Gasteiger partial charge in [-0.25, -0.2) is 0 Å². The van der Waals surface area contributed by atoms with Crippen LogP contribution in [0.3, 0.4) is 0 Å². The highest BCUT2D eigenvalue weighted by Crippen LogP contribution is 2.40. The lowest BCUT2D eigenvalue weighted by molar-refractivity contribution is -0.117. The maximum absolute atomic E-state index is 11.8. The minimum atomic E-state index is -0.493. The van der Waals surface area contributed by atoms with Crippen molar-refractivity contribution >= 4 is 11.6 Å². The summed E-state index contributed by atoms with van der Waals surface area (Å²) >= 11 is 0. The van der Waals surface area contributed by atoms with Crippen LogP contribution in [-0.4, -0.2) is 11.0 Å². The third kappa shape index (κ3) is 1.75. The summed E-state index contributed by atoms with van der Waals surface area (Å²) in [5.41, 5.74) is 5.05. The largest absolute Gasteiger partial charge is 0.389 e. The third-order valence-electron chi connectivity index (χ3n) is 3.77. The molecule has 0 saturated heterocycles. The Morgan fingerprint density at radius 1 is 1.41 bits per heavy atom. The van der Waals surface area contributed by atoms with Crippen LogP contribution in [0.1, 0.15) is 54.5 Å². The first-order chi connectivity index (χ1) is 7.97. The van der Waals surface area contributed by atoms with E-state index in [2.05, 4.69) is 5.32 Å². The minimum Gasteiger partial charge on any atom is -0.389 e. The summed E-state index contributed by atoms with van der Waals surface area (Å²) in [5.74, 6) is 0.00884. The number of nitrogens with one attached hydrogen (secondary N) is 1. The standard InChI is InChI=1S/C14H19NO2/c1-5-10-12-6-11(9(4)16)7(2)8(3)13(12)15-14(10)17/h6,9-10,16H,5H2,1-4H3,(H,15,17). The lowest BCUT2D eigenvalue weighted by atomic mass is 9.90. The number of hydrogen-bond acceptors (Lipinski definition) is 2. The minimum absolute atomic E-state index is 0.0678. The van der Waals surface area contributed by atoms with Crippen molar-refractivity contribution in [2.75, 3.05) is 5.32 Å². The maximum atomic E-state index is 11.8. The summed E-state index contributed by atoms with van der Waals surface area (Å²) in [6.07, 6.45) is 0.299. The molecule has 0 aromatic heterocycles. The molecule has 0 bridgehead atoms. The number of aliphatic hydroxyl groups excluding tert-OH is 1. The molecular weight excluding hydrogens is 214 g/mol. The van der Waals surface area contributed by atoms with E-state index in [1.165, 1.54) is 0 Å². The van der Waals surface area contributed by atoms with E-state index >= 15 is 0 Å². The Morgan fingerprint density at radius 3 is 2.59 bits per heavy atom. The zero-order chi connectivity index (χ0) is 12.7. The summed E-state index contributed by atoms with van der Waals surface area (Å²) < 4.78 is 0. The Kier molecular flexibility index (Phi) is 2.96. The highest BCUT2D eigenvalue weighted by atomic mass is 16.3. The number of aliphatic hydroxyl groups is 1. The quantitative estimate of drug-likeness (QED) is 0.825. The number of hydrogen-bond donors (Lipinski definition) is 2. The molecule has 3 heteroatoms. The fraction of sp³-hybridized carbons (Fsp3) is 0.500. The molecule has 92 valence electrons. The van der Waals surface area contributed by atoms with Crippen molar-refractivity contribution < 1.29 is 9.90 Å². The van der Waals surface area contributed by atoms with Crippen LogP contribution in [0.5, 0.6) is 0 Å². The van der Waals surface area contributed by atoms with Gasteiger partial charge in [-0.3, -0.25) is 4.79 Å². The second-order valence-corrected chi connectivity index (χ2v) is 4.81. The molecular formula is C14H19NO2. The van der Waals surface area contributed by atoms with Gasteiger partial charge in [-0.05, 0) is 49.4 Å². The Morgan fingerprint density at radius 2 is 2.06 bits per heavy atom. The van der Waals surface area contributed by atoms with Crippen molar-refractivity contribution in [1.82, 2.24) is 0 Å². The fourth-order valence-electron chi connectivity index (χ4n) is 2.60. The zero-order valence-electron chi connectivity index (χ0n) is 10.8. The smallest absolute Gasteiger partial charge is 0.232 e. The Balaban J connectivity index is 2.64. The normalized spacial score (nSPS) is 20.1. The predicted octanol–water partition coefficient (Wildman–Crippen LogP) is 2.80. The van der Waals surface area contributed by atoms with E-state index in [4.69, 9.17) is 0 Å². The van der Waals surface area contributed by atoms with E-state index in [0.29, 0.717) is 0 Å². The molecule has 2 unspecified atom stereocenters. The molecule has 2 rings (SSSR count). The number of carbonyl (C=O) groups excluding carboxylic acids is 1. The molecule has 1 aromatic carbocycles. The Bertz CT molecular complexity index is 478. The summed E-state index contributed by atoms with van der Waals surface area (Å²) in [6.45, 7) is 7.76. The van der Waals surface area contributed by atoms with Gasteiger partial charge in [0.05, 0.1) is 12.0 Å². The van der Waals surface area contributed by atoms with Crippen molar-refractivity contribution in [1.29, 1.82) is 0 Å². The van der Waals surface area contributed by atoms with Gasteiger partial charge in [0.15, 0.2) is 0 Å². The lowest BCUT2D eigenvalue weighted by Crippen LogP contribution is -2.10. The van der Waals surface area contributed by atoms with Gasteiger partial charge in [-0.15, -0.1) is 0 Å². The van der Waals surface area contributed by atoms with Gasteiger partial charge in [0, 0.05) is 5.69 Å². The topological polar surface area (TPSA) is 49.3 Å². The lowest BCUT2D eigenvalue weighted by Gasteiger charge is -2.16. The summed E-state index contributed by atoms with van der Waals surface area (Å²) in [5, 5.41) is 12.7. The molecule has 17 heavy (non-hydrogen) atoms. The van der Waals surface area contributed by atoms with Crippen LogP contribution in [0.15, 0.2) is 6.07 Å². The first-order valence-electron chi connectivity index (χ1n) is 6.10. The number of amides is 1. The number of carbonyl (C=O) groups is 1. The summed E-state index contributed by atoms with van der Waals surface area (Å²) in [7, 11) is 0. The molecule has 0 spiro atoms. The van der Waals surface area contributed by atoms with Crippen LogP contribution < -0.4 is 5.32 Å². The summed E-state index contributed by atoms with van der Waals surface area (Å²) in [4.78, 5) is 11.8. The van der Waals surface area contributed by atoms with E-state index < -0.39 is 6.10 Å². The first-order valence-corrected chi connectivity index (χ1v) is 6.10. The van der Waals surface area contributed by atoms with Crippen molar-refractivity contribution in [3.05, 3.63) is 28.3 Å². The van der Waals surface area contributed by atoms with Gasteiger partial charge in [0.25, 0.3) is 0 Å². The van der Waals surface area contributed by atoms with Crippen LogP contribution in [-0.2, 0) is 4.79 Å². The molecule has 1 aliphatic rings. The average molecular weight is 233 g/mol. The van der Waals surface area contributed by atoms with Crippen LogP contribution in [0.25, 0.3) is 0 Å². The highest BCUT2D eigenvalue weighted by molar-refractivity contribution is 6.04. The van der Waals surface area contributed by atoms with E-state index in [1.807, 2.05) is 26.8 Å². The van der Waals surface area contributed by atoms with Gasteiger partial charge in [-0.1, -0.05) is 13.0 Å². The molecule has 0 radical (unpaired) electrons. The molecule has 1 amide bonds. The van der Waals surface area contributed by atoms with Gasteiger partial charge in [0.2, 0.25) is 5.91 Å². The van der Waals surface area contributed by atoms with Crippen LogP contribution >= 0.6 is 0 Å². The summed E-state index contributed by atoms with van der Waals surface area (Å²) in [6, 6.07) is 1.98. The third-order valence-corrected chi connectivity index (χ3v) is 3.77. The number of fused-ring (bicyclic) bond motifs is 1. The van der Waals surface area contributed by atoms with Crippen molar-refractivity contribution in [3.8, 4) is 0 Å². The molecule has 1 aromatic rings. The van der Waals surface area contributed by atoms with Crippen LogP contribution in [0, 0.1) is 13.8 Å². The van der Waals surface area contributed by atoms with Crippen LogP contribution in [0.4, 0.5) is 5.69 Å². The molecule has 1 heterocycles. The Hall–Kier alpha value is -1.35. The van der Waals surface area contributed by atoms with Gasteiger partial charge < -0.3 is 10.4 Å².